The summed E-state index contributed by atoms with van der Waals surface area (Å²) in [6.45, 7) is 0.195. The molecule has 7 heteroatoms. The van der Waals surface area contributed by atoms with Gasteiger partial charge in [-0.15, -0.1) is 0 Å². The Bertz CT molecular complexity index is 700. The van der Waals surface area contributed by atoms with E-state index in [2.05, 4.69) is 10.3 Å². The number of phenolic OH excluding ortho intramolecular Hbond substituents is 1. The van der Waals surface area contributed by atoms with Crippen LogP contribution >= 0.6 is 0 Å². The second-order valence-electron chi connectivity index (χ2n) is 4.23. The molecule has 1 aromatic heterocycles. The Balaban J connectivity index is 2.26. The van der Waals surface area contributed by atoms with Gasteiger partial charge in [-0.25, -0.2) is 4.79 Å². The van der Waals surface area contributed by atoms with E-state index in [9.17, 15) is 14.7 Å². The van der Waals surface area contributed by atoms with E-state index in [1.807, 2.05) is 0 Å². The number of nitrogens with two attached hydrogens (primary N) is 1. The number of benzene rings is 1. The van der Waals surface area contributed by atoms with Crippen LogP contribution < -0.4 is 11.1 Å². The summed E-state index contributed by atoms with van der Waals surface area (Å²) in [6.07, 6.45) is 1.45. The molecule has 21 heavy (non-hydrogen) atoms. The number of pyridine rings is 1. The number of hydrogen-bond acceptors (Lipinski definition) is 5. The van der Waals surface area contributed by atoms with Gasteiger partial charge in [-0.3, -0.25) is 9.78 Å². The Morgan fingerprint density at radius 3 is 2.62 bits per heavy atom. The number of amides is 1. The smallest absolute Gasteiger partial charge is 0.335 e. The highest BCUT2D eigenvalue weighted by Crippen LogP contribution is 2.24. The van der Waals surface area contributed by atoms with E-state index >= 15 is 0 Å². The van der Waals surface area contributed by atoms with Crippen molar-refractivity contribution in [3.05, 3.63) is 53.3 Å². The van der Waals surface area contributed by atoms with Crippen molar-refractivity contribution in [2.24, 2.45) is 5.73 Å². The molecule has 108 valence electrons. The van der Waals surface area contributed by atoms with Gasteiger partial charge in [0.15, 0.2) is 0 Å². The highest BCUT2D eigenvalue weighted by Gasteiger charge is 2.12. The first kappa shape index (κ1) is 14.5. The van der Waals surface area contributed by atoms with Crippen LogP contribution in [0.25, 0.3) is 0 Å². The minimum atomic E-state index is -1.15. The van der Waals surface area contributed by atoms with Crippen molar-refractivity contribution >= 4 is 17.6 Å². The van der Waals surface area contributed by atoms with Crippen LogP contribution in [0.1, 0.15) is 26.4 Å². The standard InChI is InChI=1S/C14H13N3O4/c15-7-10-5-8(3-4-16-10)13(19)17-11-6-9(14(20)21)1-2-12(11)18/h1-6,18H,7,15H2,(H,17,19)(H,20,21). The zero-order chi connectivity index (χ0) is 15.4. The number of nitrogens with zero attached hydrogens (tertiary/aromatic N) is 1. The summed E-state index contributed by atoms with van der Waals surface area (Å²) in [5, 5.41) is 21.0. The number of nitrogens with one attached hydrogen (secondary N) is 1. The lowest BCUT2D eigenvalue weighted by Gasteiger charge is -2.08. The fourth-order valence-corrected chi connectivity index (χ4v) is 1.69. The van der Waals surface area contributed by atoms with Gasteiger partial charge in [0, 0.05) is 18.3 Å². The van der Waals surface area contributed by atoms with Crippen molar-refractivity contribution in [3.8, 4) is 5.75 Å². The molecule has 0 aliphatic carbocycles. The molecule has 0 bridgehead atoms. The number of carbonyl (C=O) groups is 2. The van der Waals surface area contributed by atoms with E-state index in [1.54, 1.807) is 0 Å². The van der Waals surface area contributed by atoms with Crippen LogP contribution in [0.3, 0.4) is 0 Å². The van der Waals surface area contributed by atoms with E-state index < -0.39 is 11.9 Å². The Morgan fingerprint density at radius 1 is 1.19 bits per heavy atom. The molecule has 0 spiro atoms. The van der Waals surface area contributed by atoms with Crippen molar-refractivity contribution < 1.29 is 19.8 Å². The Labute approximate surface area is 120 Å². The molecule has 5 N–H and O–H groups in total. The maximum atomic E-state index is 12.1. The number of phenols is 1. The van der Waals surface area contributed by atoms with Crippen LogP contribution in [-0.4, -0.2) is 27.1 Å². The van der Waals surface area contributed by atoms with Crippen molar-refractivity contribution in [2.75, 3.05) is 5.32 Å². The van der Waals surface area contributed by atoms with Gasteiger partial charge in [0.2, 0.25) is 0 Å². The minimum Gasteiger partial charge on any atom is -0.506 e. The quantitative estimate of drug-likeness (QED) is 0.626. The summed E-state index contributed by atoms with van der Waals surface area (Å²) in [5.41, 5.74) is 6.29. The van der Waals surface area contributed by atoms with Gasteiger partial charge in [-0.2, -0.15) is 0 Å². The molecule has 0 aliphatic rings. The largest absolute Gasteiger partial charge is 0.506 e. The Hall–Kier alpha value is -2.93. The van der Waals surface area contributed by atoms with E-state index in [0.29, 0.717) is 11.3 Å². The molecule has 0 fully saturated rings. The van der Waals surface area contributed by atoms with Crippen LogP contribution in [0.15, 0.2) is 36.5 Å². The maximum Gasteiger partial charge on any atom is 0.335 e. The molecule has 0 unspecified atom stereocenters. The number of carbonyl (C=O) groups excluding carboxylic acids is 1. The third-order valence-electron chi connectivity index (χ3n) is 2.78. The molecular weight excluding hydrogens is 274 g/mol. The monoisotopic (exact) mass is 287 g/mol. The highest BCUT2D eigenvalue weighted by atomic mass is 16.4. The van der Waals surface area contributed by atoms with Gasteiger partial charge >= 0.3 is 5.97 Å². The van der Waals surface area contributed by atoms with Crippen molar-refractivity contribution in [1.29, 1.82) is 0 Å². The van der Waals surface area contributed by atoms with Crippen LogP contribution in [0.4, 0.5) is 5.69 Å². The summed E-state index contributed by atoms with van der Waals surface area (Å²) in [4.78, 5) is 26.9. The van der Waals surface area contributed by atoms with Gasteiger partial charge in [-0.05, 0) is 30.3 Å². The molecule has 2 rings (SSSR count). The summed E-state index contributed by atoms with van der Waals surface area (Å²) < 4.78 is 0. The lowest BCUT2D eigenvalue weighted by molar-refractivity contribution is 0.0696. The number of rotatable bonds is 4. The molecule has 0 atom stereocenters. The van der Waals surface area contributed by atoms with E-state index in [1.165, 1.54) is 36.5 Å². The lowest BCUT2D eigenvalue weighted by Crippen LogP contribution is -2.13. The first-order valence-corrected chi connectivity index (χ1v) is 6.04. The number of aromatic hydroxyl groups is 1. The molecule has 2 aromatic rings. The van der Waals surface area contributed by atoms with Crippen LogP contribution in [0, 0.1) is 0 Å². The molecule has 7 nitrogen and oxygen atoms in total. The fraction of sp³-hybridized carbons (Fsp3) is 0.0714. The summed E-state index contributed by atoms with van der Waals surface area (Å²) in [6, 6.07) is 6.64. The van der Waals surface area contributed by atoms with Gasteiger partial charge in [-0.1, -0.05) is 0 Å². The summed E-state index contributed by atoms with van der Waals surface area (Å²) in [5.74, 6) is -1.87. The first-order chi connectivity index (χ1) is 10.0. The molecule has 0 radical (unpaired) electrons. The van der Waals surface area contributed by atoms with E-state index in [-0.39, 0.29) is 23.5 Å². The van der Waals surface area contributed by atoms with E-state index in [4.69, 9.17) is 10.8 Å². The predicted molar refractivity (Wildman–Crippen MR) is 75.1 cm³/mol. The number of anilines is 1. The van der Waals surface area contributed by atoms with Crippen molar-refractivity contribution in [2.45, 2.75) is 6.54 Å². The van der Waals surface area contributed by atoms with Gasteiger partial charge in [0.1, 0.15) is 5.75 Å². The van der Waals surface area contributed by atoms with Crippen LogP contribution in [0.5, 0.6) is 5.75 Å². The van der Waals surface area contributed by atoms with Gasteiger partial charge in [0.05, 0.1) is 16.9 Å². The second-order valence-corrected chi connectivity index (χ2v) is 4.23. The number of carboxylic acid groups (broad SMARTS) is 1. The normalized spacial score (nSPS) is 10.1. The lowest BCUT2D eigenvalue weighted by atomic mass is 10.1. The topological polar surface area (TPSA) is 126 Å². The SMILES string of the molecule is NCc1cc(C(=O)Nc2cc(C(=O)O)ccc2O)ccn1. The van der Waals surface area contributed by atoms with Crippen molar-refractivity contribution in [3.63, 3.8) is 0 Å². The number of aromatic nitrogens is 1. The molecule has 1 aromatic carbocycles. The average Bonchev–Trinajstić information content (AvgIpc) is 2.49. The fourth-order valence-electron chi connectivity index (χ4n) is 1.69. The number of carboxylic acids is 1. The van der Waals surface area contributed by atoms with Crippen LogP contribution in [0.2, 0.25) is 0 Å². The second kappa shape index (κ2) is 6.02. The highest BCUT2D eigenvalue weighted by molar-refractivity contribution is 6.05. The zero-order valence-electron chi connectivity index (χ0n) is 10.9. The molecular formula is C14H13N3O4. The third kappa shape index (κ3) is 3.34. The summed E-state index contributed by atoms with van der Waals surface area (Å²) >= 11 is 0. The summed E-state index contributed by atoms with van der Waals surface area (Å²) in [7, 11) is 0. The van der Waals surface area contributed by atoms with E-state index in [0.717, 1.165) is 0 Å². The van der Waals surface area contributed by atoms with Gasteiger partial charge in [0.25, 0.3) is 5.91 Å². The zero-order valence-corrected chi connectivity index (χ0v) is 10.9. The molecule has 1 heterocycles. The molecule has 0 saturated carbocycles. The average molecular weight is 287 g/mol. The Kier molecular flexibility index (Phi) is 4.15. The van der Waals surface area contributed by atoms with Gasteiger partial charge < -0.3 is 21.3 Å². The minimum absolute atomic E-state index is 0.0195. The molecule has 0 saturated heterocycles. The van der Waals surface area contributed by atoms with Crippen molar-refractivity contribution in [1.82, 2.24) is 4.98 Å². The molecule has 0 aliphatic heterocycles. The third-order valence-corrected chi connectivity index (χ3v) is 2.78. The predicted octanol–water partition coefficient (Wildman–Crippen LogP) is 1.20. The van der Waals surface area contributed by atoms with Crippen LogP contribution in [-0.2, 0) is 6.54 Å². The first-order valence-electron chi connectivity index (χ1n) is 6.04. The number of hydrogen-bond donors (Lipinski definition) is 4. The molecule has 1 amide bonds. The number of aromatic carboxylic acids is 1. The maximum absolute atomic E-state index is 12.1. The Morgan fingerprint density at radius 2 is 1.95 bits per heavy atom.